The Morgan fingerprint density at radius 1 is 0.895 bits per heavy atom. The zero-order valence-corrected chi connectivity index (χ0v) is 9.90. The van der Waals surface area contributed by atoms with Crippen LogP contribution in [0.25, 0.3) is 10.8 Å². The Labute approximate surface area is 111 Å². The zero-order valence-electron chi connectivity index (χ0n) is 9.90. The standard InChI is InChI=1S/C17H8O2/c1-4-11-7-13(6-3)14-8-12(5-2)10-16(17(18)19)15(14)9-11/h1-3,7-10H,(H,18,19). The normalized spacial score (nSPS) is 9.32. The lowest BCUT2D eigenvalue weighted by Crippen LogP contribution is -2.00. The van der Waals surface area contributed by atoms with Crippen LogP contribution in [0.4, 0.5) is 0 Å². The first-order chi connectivity index (χ1) is 9.10. The quantitative estimate of drug-likeness (QED) is 0.782. The van der Waals surface area contributed by atoms with Gasteiger partial charge in [-0.05, 0) is 35.0 Å². The van der Waals surface area contributed by atoms with Crippen LogP contribution in [-0.2, 0) is 0 Å². The van der Waals surface area contributed by atoms with Crippen LogP contribution in [-0.4, -0.2) is 11.1 Å². The minimum atomic E-state index is -1.07. The SMILES string of the molecule is C#Cc1cc(C(=O)O)c2cc(C#C)cc(C#C)c2c1. The van der Waals surface area contributed by atoms with Gasteiger partial charge < -0.3 is 5.11 Å². The van der Waals surface area contributed by atoms with E-state index in [-0.39, 0.29) is 5.56 Å². The highest BCUT2D eigenvalue weighted by Gasteiger charge is 2.13. The van der Waals surface area contributed by atoms with Crippen molar-refractivity contribution in [3.05, 3.63) is 46.5 Å². The highest BCUT2D eigenvalue weighted by molar-refractivity contribution is 6.06. The molecule has 0 aliphatic rings. The van der Waals surface area contributed by atoms with E-state index >= 15 is 0 Å². The summed E-state index contributed by atoms with van der Waals surface area (Å²) >= 11 is 0. The smallest absolute Gasteiger partial charge is 0.336 e. The number of hydrogen-bond acceptors (Lipinski definition) is 1. The summed E-state index contributed by atoms with van der Waals surface area (Å²) in [6, 6.07) is 6.41. The van der Waals surface area contributed by atoms with Crippen molar-refractivity contribution < 1.29 is 9.90 Å². The van der Waals surface area contributed by atoms with Crippen molar-refractivity contribution in [2.45, 2.75) is 0 Å². The highest BCUT2D eigenvalue weighted by Crippen LogP contribution is 2.26. The van der Waals surface area contributed by atoms with E-state index < -0.39 is 5.97 Å². The molecule has 0 aliphatic heterocycles. The van der Waals surface area contributed by atoms with Crippen molar-refractivity contribution in [2.75, 3.05) is 0 Å². The Hall–Kier alpha value is -3.15. The lowest BCUT2D eigenvalue weighted by Gasteiger charge is -2.07. The second-order valence-corrected chi connectivity index (χ2v) is 3.88. The molecular weight excluding hydrogens is 236 g/mol. The lowest BCUT2D eigenvalue weighted by atomic mass is 9.95. The predicted molar refractivity (Wildman–Crippen MR) is 74.7 cm³/mol. The maximum absolute atomic E-state index is 11.3. The summed E-state index contributed by atoms with van der Waals surface area (Å²) in [5, 5.41) is 10.4. The molecule has 88 valence electrons. The van der Waals surface area contributed by atoms with Gasteiger partial charge in [0.25, 0.3) is 0 Å². The summed E-state index contributed by atoms with van der Waals surface area (Å²) in [4.78, 5) is 11.3. The van der Waals surface area contributed by atoms with Crippen molar-refractivity contribution in [1.29, 1.82) is 0 Å². The van der Waals surface area contributed by atoms with Crippen molar-refractivity contribution in [3.63, 3.8) is 0 Å². The van der Waals surface area contributed by atoms with Crippen LogP contribution in [0.1, 0.15) is 27.0 Å². The molecule has 0 aliphatic carbocycles. The number of rotatable bonds is 1. The Balaban J connectivity index is 3.04. The molecule has 0 heterocycles. The average molecular weight is 244 g/mol. The third-order valence-electron chi connectivity index (χ3n) is 2.79. The number of fused-ring (bicyclic) bond motifs is 1. The molecule has 2 nitrogen and oxygen atoms in total. The van der Waals surface area contributed by atoms with E-state index in [1.165, 1.54) is 6.07 Å². The largest absolute Gasteiger partial charge is 0.478 e. The van der Waals surface area contributed by atoms with E-state index in [0.717, 1.165) is 0 Å². The fourth-order valence-corrected chi connectivity index (χ4v) is 1.93. The van der Waals surface area contributed by atoms with Crippen LogP contribution in [0.3, 0.4) is 0 Å². The molecule has 2 rings (SSSR count). The topological polar surface area (TPSA) is 37.3 Å². The maximum atomic E-state index is 11.3. The molecule has 0 aromatic heterocycles. The number of benzene rings is 2. The number of carboxylic acids is 1. The van der Waals surface area contributed by atoms with Gasteiger partial charge in [0.2, 0.25) is 0 Å². The molecule has 0 atom stereocenters. The van der Waals surface area contributed by atoms with Gasteiger partial charge >= 0.3 is 5.97 Å². The first-order valence-corrected chi connectivity index (χ1v) is 5.35. The van der Waals surface area contributed by atoms with Crippen LogP contribution in [0.15, 0.2) is 24.3 Å². The summed E-state index contributed by atoms with van der Waals surface area (Å²) in [5.74, 6) is 6.32. The fourth-order valence-electron chi connectivity index (χ4n) is 1.93. The molecule has 2 aromatic rings. The van der Waals surface area contributed by atoms with E-state index in [4.69, 9.17) is 19.3 Å². The van der Waals surface area contributed by atoms with Crippen LogP contribution in [0.2, 0.25) is 0 Å². The van der Waals surface area contributed by atoms with Crippen LogP contribution >= 0.6 is 0 Å². The van der Waals surface area contributed by atoms with Gasteiger partial charge in [0, 0.05) is 16.7 Å². The molecule has 0 fully saturated rings. The molecular formula is C17H8O2. The van der Waals surface area contributed by atoms with Gasteiger partial charge in [-0.2, -0.15) is 0 Å². The number of aromatic carboxylic acids is 1. The number of hydrogen-bond donors (Lipinski definition) is 1. The minimum absolute atomic E-state index is 0.0963. The van der Waals surface area contributed by atoms with Gasteiger partial charge in [0.1, 0.15) is 0 Å². The van der Waals surface area contributed by atoms with Gasteiger partial charge in [-0.15, -0.1) is 19.3 Å². The monoisotopic (exact) mass is 244 g/mol. The molecule has 0 radical (unpaired) electrons. The van der Waals surface area contributed by atoms with Crippen molar-refractivity contribution >= 4 is 16.7 Å². The molecule has 2 heteroatoms. The summed E-state index contributed by atoms with van der Waals surface area (Å²) in [7, 11) is 0. The van der Waals surface area contributed by atoms with Gasteiger partial charge in [-0.25, -0.2) is 4.79 Å². The van der Waals surface area contributed by atoms with E-state index in [1.807, 2.05) is 0 Å². The molecule has 0 saturated carbocycles. The molecule has 0 bridgehead atoms. The summed E-state index contributed by atoms with van der Waals surface area (Å²) < 4.78 is 0. The van der Waals surface area contributed by atoms with Gasteiger partial charge in [-0.1, -0.05) is 17.8 Å². The average Bonchev–Trinajstić information content (AvgIpc) is 2.44. The number of carboxylic acid groups (broad SMARTS) is 1. The Bertz CT molecular complexity index is 821. The van der Waals surface area contributed by atoms with E-state index in [2.05, 4.69) is 17.8 Å². The third kappa shape index (κ3) is 2.02. The first kappa shape index (κ1) is 12.3. The Kier molecular flexibility index (Phi) is 2.99. The molecule has 1 N–H and O–H groups in total. The maximum Gasteiger partial charge on any atom is 0.336 e. The molecule has 2 aromatic carbocycles. The van der Waals surface area contributed by atoms with Gasteiger partial charge in [0.05, 0.1) is 5.56 Å². The second kappa shape index (κ2) is 4.61. The molecule has 0 spiro atoms. The first-order valence-electron chi connectivity index (χ1n) is 5.35. The van der Waals surface area contributed by atoms with E-state index in [0.29, 0.717) is 27.5 Å². The summed E-state index contributed by atoms with van der Waals surface area (Å²) in [6.07, 6.45) is 16.1. The molecule has 19 heavy (non-hydrogen) atoms. The Morgan fingerprint density at radius 3 is 2.00 bits per heavy atom. The summed E-state index contributed by atoms with van der Waals surface area (Å²) in [6.45, 7) is 0. The fraction of sp³-hybridized carbons (Fsp3) is 0. The van der Waals surface area contributed by atoms with Crippen molar-refractivity contribution in [3.8, 4) is 37.0 Å². The minimum Gasteiger partial charge on any atom is -0.478 e. The second-order valence-electron chi connectivity index (χ2n) is 3.88. The third-order valence-corrected chi connectivity index (χ3v) is 2.79. The molecule has 0 saturated heterocycles. The van der Waals surface area contributed by atoms with Gasteiger partial charge in [-0.3, -0.25) is 0 Å². The number of terminal acetylenes is 3. The van der Waals surface area contributed by atoms with Crippen LogP contribution < -0.4 is 0 Å². The van der Waals surface area contributed by atoms with Crippen LogP contribution in [0, 0.1) is 37.0 Å². The van der Waals surface area contributed by atoms with E-state index in [9.17, 15) is 9.90 Å². The van der Waals surface area contributed by atoms with Gasteiger partial charge in [0.15, 0.2) is 0 Å². The summed E-state index contributed by atoms with van der Waals surface area (Å²) in [5.41, 5.74) is 1.63. The van der Waals surface area contributed by atoms with Crippen molar-refractivity contribution in [2.24, 2.45) is 0 Å². The van der Waals surface area contributed by atoms with Crippen LogP contribution in [0.5, 0.6) is 0 Å². The lowest BCUT2D eigenvalue weighted by molar-refractivity contribution is 0.0699. The van der Waals surface area contributed by atoms with Crippen molar-refractivity contribution in [1.82, 2.24) is 0 Å². The highest BCUT2D eigenvalue weighted by atomic mass is 16.4. The Morgan fingerprint density at radius 2 is 1.47 bits per heavy atom. The number of carbonyl (C=O) groups is 1. The van der Waals surface area contributed by atoms with E-state index in [1.54, 1.807) is 18.2 Å². The zero-order chi connectivity index (χ0) is 14.0. The predicted octanol–water partition coefficient (Wildman–Crippen LogP) is 2.48. The molecule has 0 unspecified atom stereocenters. The molecule has 0 amide bonds.